The second-order valence-electron chi connectivity index (χ2n) is 10.3. The van der Waals surface area contributed by atoms with Gasteiger partial charge in [0.2, 0.25) is 0 Å². The normalized spacial score (nSPS) is 11.4. The van der Waals surface area contributed by atoms with Crippen molar-refractivity contribution in [2.45, 2.75) is 13.8 Å². The van der Waals surface area contributed by atoms with Crippen LogP contribution in [0, 0.1) is 13.8 Å². The van der Waals surface area contributed by atoms with Crippen molar-refractivity contribution in [1.29, 1.82) is 0 Å². The van der Waals surface area contributed by atoms with E-state index in [0.29, 0.717) is 0 Å². The molecular formula is C36H32NSb. The van der Waals surface area contributed by atoms with Gasteiger partial charge >= 0.3 is 234 Å². The molecule has 0 aromatic heterocycles. The second kappa shape index (κ2) is 10.3. The fraction of sp³-hybridized carbons (Fsp3) is 0.111. The van der Waals surface area contributed by atoms with Gasteiger partial charge in [-0.3, -0.25) is 0 Å². The molecule has 0 atom stereocenters. The number of benzene rings is 6. The third-order valence-corrected chi connectivity index (χ3v) is 14.5. The van der Waals surface area contributed by atoms with Crippen LogP contribution in [0.5, 0.6) is 0 Å². The monoisotopic (exact) mass is 599 g/mol. The summed E-state index contributed by atoms with van der Waals surface area (Å²) in [4.78, 5) is 2.27. The van der Waals surface area contributed by atoms with Gasteiger partial charge in [0.05, 0.1) is 0 Å². The Labute approximate surface area is 233 Å². The molecule has 0 bridgehead atoms. The Morgan fingerprint density at radius 2 is 0.947 bits per heavy atom. The van der Waals surface area contributed by atoms with Crippen molar-refractivity contribution in [3.63, 3.8) is 0 Å². The zero-order valence-corrected chi connectivity index (χ0v) is 25.0. The van der Waals surface area contributed by atoms with Crippen molar-refractivity contribution in [3.05, 3.63) is 132 Å². The van der Waals surface area contributed by atoms with Crippen LogP contribution in [-0.2, 0) is 0 Å². The molecule has 0 amide bonds. The molecule has 0 aliphatic rings. The Balaban J connectivity index is 1.77. The summed E-state index contributed by atoms with van der Waals surface area (Å²) in [7, 11) is 4.33. The molecule has 0 radical (unpaired) electrons. The summed E-state index contributed by atoms with van der Waals surface area (Å²) in [5.74, 6) is 0. The van der Waals surface area contributed by atoms with Crippen molar-refractivity contribution >= 4 is 58.0 Å². The molecule has 0 spiro atoms. The van der Waals surface area contributed by atoms with Crippen LogP contribution in [-0.4, -0.2) is 34.3 Å². The van der Waals surface area contributed by atoms with Gasteiger partial charge in [-0.25, -0.2) is 0 Å². The third-order valence-electron chi connectivity index (χ3n) is 7.37. The van der Waals surface area contributed by atoms with Gasteiger partial charge in [-0.1, -0.05) is 0 Å². The van der Waals surface area contributed by atoms with E-state index in [-0.39, 0.29) is 0 Å². The Hall–Kier alpha value is -3.54. The average Bonchev–Trinajstić information content (AvgIpc) is 2.94. The van der Waals surface area contributed by atoms with Gasteiger partial charge in [0, 0.05) is 0 Å². The zero-order chi connectivity index (χ0) is 26.2. The SMILES string of the molecule is Cc1cc[c]([Sb]([c]2ccc(C)cc2)[c]2ccc3ccccc3c2-c2c(N(C)C)ccc3ccccc23)cc1. The number of hydrogen-bond acceptors (Lipinski definition) is 1. The number of rotatable bonds is 5. The van der Waals surface area contributed by atoms with E-state index in [9.17, 15) is 0 Å². The molecule has 0 N–H and O–H groups in total. The third kappa shape index (κ3) is 4.50. The van der Waals surface area contributed by atoms with Gasteiger partial charge in [0.15, 0.2) is 0 Å². The molecule has 0 saturated carbocycles. The molecule has 6 aromatic carbocycles. The number of aryl methyl sites for hydroxylation is 2. The predicted octanol–water partition coefficient (Wildman–Crippen LogP) is 6.86. The van der Waals surface area contributed by atoms with Gasteiger partial charge in [0.25, 0.3) is 0 Å². The topological polar surface area (TPSA) is 3.24 Å². The van der Waals surface area contributed by atoms with Crippen molar-refractivity contribution in [3.8, 4) is 11.1 Å². The van der Waals surface area contributed by atoms with Crippen LogP contribution in [0.3, 0.4) is 0 Å². The van der Waals surface area contributed by atoms with E-state index >= 15 is 0 Å². The number of nitrogens with zero attached hydrogens (tertiary/aromatic N) is 1. The molecule has 0 aliphatic carbocycles. The van der Waals surface area contributed by atoms with Gasteiger partial charge in [-0.05, 0) is 0 Å². The Bertz CT molecular complexity index is 1700. The van der Waals surface area contributed by atoms with Crippen LogP contribution >= 0.6 is 0 Å². The Kier molecular flexibility index (Phi) is 6.73. The first-order valence-corrected chi connectivity index (χ1v) is 17.0. The van der Waals surface area contributed by atoms with E-state index in [4.69, 9.17) is 0 Å². The molecule has 2 heteroatoms. The van der Waals surface area contributed by atoms with E-state index in [2.05, 4.69) is 154 Å². The average molecular weight is 600 g/mol. The summed E-state index contributed by atoms with van der Waals surface area (Å²) in [6.07, 6.45) is 0. The van der Waals surface area contributed by atoms with E-state index in [1.54, 1.807) is 0 Å². The minimum atomic E-state index is -2.43. The molecule has 6 rings (SSSR count). The fourth-order valence-electron chi connectivity index (χ4n) is 5.42. The van der Waals surface area contributed by atoms with Crippen LogP contribution in [0.2, 0.25) is 0 Å². The molecule has 0 unspecified atom stereocenters. The van der Waals surface area contributed by atoms with Crippen molar-refractivity contribution in [1.82, 2.24) is 0 Å². The maximum atomic E-state index is 2.45. The van der Waals surface area contributed by atoms with Crippen LogP contribution in [0.25, 0.3) is 32.7 Å². The first kappa shape index (κ1) is 24.8. The molecule has 0 fully saturated rings. The summed E-state index contributed by atoms with van der Waals surface area (Å²) < 4.78 is 4.50. The predicted molar refractivity (Wildman–Crippen MR) is 168 cm³/mol. The Morgan fingerprint density at radius 1 is 0.474 bits per heavy atom. The summed E-state index contributed by atoms with van der Waals surface area (Å²) in [5.41, 5.74) is 6.61. The van der Waals surface area contributed by atoms with Crippen molar-refractivity contribution < 1.29 is 0 Å². The van der Waals surface area contributed by atoms with Crippen LogP contribution in [0.15, 0.2) is 121 Å². The quantitative estimate of drug-likeness (QED) is 0.196. The molecule has 0 saturated heterocycles. The van der Waals surface area contributed by atoms with E-state index in [0.717, 1.165) is 0 Å². The zero-order valence-electron chi connectivity index (χ0n) is 22.4. The van der Waals surface area contributed by atoms with Gasteiger partial charge in [-0.15, -0.1) is 0 Å². The van der Waals surface area contributed by atoms with Crippen LogP contribution in [0.4, 0.5) is 5.69 Å². The molecule has 1 nitrogen and oxygen atoms in total. The molecule has 186 valence electrons. The van der Waals surface area contributed by atoms with E-state index in [1.165, 1.54) is 60.0 Å². The second-order valence-corrected chi connectivity index (χ2v) is 16.5. The fourth-order valence-corrected chi connectivity index (χ4v) is 12.4. The van der Waals surface area contributed by atoms with E-state index < -0.39 is 20.2 Å². The van der Waals surface area contributed by atoms with Crippen LogP contribution < -0.4 is 15.4 Å². The summed E-state index contributed by atoms with van der Waals surface area (Å²) in [6, 6.07) is 45.8. The molecule has 38 heavy (non-hydrogen) atoms. The number of hydrogen-bond donors (Lipinski definition) is 0. The standard InChI is InChI=1S/C22H18N.2C7H7.Sb/c1-23(2)21-15-14-17-9-4-6-12-19(17)22(21)20-13-7-10-16-8-3-5-11-18(16)20;2*1-7-5-3-2-4-6-7;/h3-12,14-15H,1-2H3;2*3-6H,1H3;. The molecule has 0 heterocycles. The number of fused-ring (bicyclic) bond motifs is 2. The molecule has 0 aliphatic heterocycles. The number of anilines is 1. The van der Waals surface area contributed by atoms with Crippen LogP contribution in [0.1, 0.15) is 11.1 Å². The molecule has 6 aromatic rings. The summed E-state index contributed by atoms with van der Waals surface area (Å²) in [6.45, 7) is 4.36. The Morgan fingerprint density at radius 3 is 1.47 bits per heavy atom. The van der Waals surface area contributed by atoms with Crippen molar-refractivity contribution in [2.75, 3.05) is 19.0 Å². The molecular weight excluding hydrogens is 568 g/mol. The van der Waals surface area contributed by atoms with E-state index in [1.807, 2.05) is 0 Å². The van der Waals surface area contributed by atoms with Gasteiger partial charge in [0.1, 0.15) is 0 Å². The maximum absolute atomic E-state index is 2.45. The van der Waals surface area contributed by atoms with Gasteiger partial charge < -0.3 is 0 Å². The summed E-state index contributed by atoms with van der Waals surface area (Å²) >= 11 is -2.43. The summed E-state index contributed by atoms with van der Waals surface area (Å²) in [5, 5.41) is 5.21. The van der Waals surface area contributed by atoms with Crippen molar-refractivity contribution in [2.24, 2.45) is 0 Å². The minimum absolute atomic E-state index is 1.26. The van der Waals surface area contributed by atoms with Gasteiger partial charge in [-0.2, -0.15) is 0 Å². The first-order valence-electron chi connectivity index (χ1n) is 13.2. The first-order chi connectivity index (χ1) is 18.5.